The average Bonchev–Trinajstić information content (AvgIpc) is 3.25. The van der Waals surface area contributed by atoms with Gasteiger partial charge in [0.2, 0.25) is 0 Å². The number of rotatable bonds is 6. The Balaban J connectivity index is 1.71. The molecule has 0 radical (unpaired) electrons. The van der Waals surface area contributed by atoms with Gasteiger partial charge in [-0.2, -0.15) is 4.98 Å². The molecule has 0 saturated heterocycles. The quantitative estimate of drug-likeness (QED) is 0.591. The summed E-state index contributed by atoms with van der Waals surface area (Å²) in [6.45, 7) is 1.96. The van der Waals surface area contributed by atoms with Crippen molar-refractivity contribution in [2.75, 3.05) is 19.0 Å². The fraction of sp³-hybridized carbons (Fsp3) is 0.429. The largest absolute Gasteiger partial charge is 0.851 e. The number of anilines is 1. The topological polar surface area (TPSA) is 133 Å². The van der Waals surface area contributed by atoms with E-state index in [2.05, 4.69) is 10.1 Å². The monoisotopic (exact) mass is 412 g/mol. The second kappa shape index (κ2) is 7.66. The number of aromatic nitrogens is 3. The number of aryl methyl sites for hydroxylation is 1. The predicted octanol–water partition coefficient (Wildman–Crippen LogP) is 0.216. The molecule has 3 aromatic rings. The normalized spacial score (nSPS) is 23.4. The molecule has 2 aromatic heterocycles. The third kappa shape index (κ3) is 3.10. The van der Waals surface area contributed by atoms with Gasteiger partial charge in [-0.1, -0.05) is 31.5 Å². The lowest BCUT2D eigenvalue weighted by atomic mass is 9.64. The van der Waals surface area contributed by atoms with E-state index in [1.807, 2.05) is 25.1 Å². The first-order chi connectivity index (χ1) is 14.3. The second-order valence-electron chi connectivity index (χ2n) is 7.79. The van der Waals surface area contributed by atoms with Crippen molar-refractivity contribution in [3.63, 3.8) is 0 Å². The molecule has 160 valence electrons. The van der Waals surface area contributed by atoms with Crippen LogP contribution in [0.5, 0.6) is 5.88 Å². The van der Waals surface area contributed by atoms with Gasteiger partial charge in [0, 0.05) is 25.4 Å². The number of para-hydroxylation sites is 1. The first-order valence-electron chi connectivity index (χ1n) is 9.93. The lowest BCUT2D eigenvalue weighted by Crippen LogP contribution is -2.64. The summed E-state index contributed by atoms with van der Waals surface area (Å²) in [5.41, 5.74) is 1.09. The SMILES string of the molecule is CCCc1[nH]n(-c2ccccc2)c(=O)c1C1C([O-])C(c2oc(N(C)C)nc2O)C1[O-]. The van der Waals surface area contributed by atoms with E-state index in [4.69, 9.17) is 4.42 Å². The van der Waals surface area contributed by atoms with Gasteiger partial charge in [-0.05, 0) is 30.4 Å². The number of hydrogen-bond donors (Lipinski definition) is 2. The van der Waals surface area contributed by atoms with Crippen LogP contribution in [0, 0.1) is 0 Å². The molecule has 2 N–H and O–H groups in total. The Hall–Kier alpha value is -3.04. The molecule has 4 rings (SSSR count). The lowest BCUT2D eigenvalue weighted by Gasteiger charge is -2.59. The Labute approximate surface area is 173 Å². The summed E-state index contributed by atoms with van der Waals surface area (Å²) in [6.07, 6.45) is -1.53. The maximum atomic E-state index is 13.2. The molecule has 1 aliphatic rings. The second-order valence-corrected chi connectivity index (χ2v) is 7.79. The summed E-state index contributed by atoms with van der Waals surface area (Å²) >= 11 is 0. The summed E-state index contributed by atoms with van der Waals surface area (Å²) in [5.74, 6) is -2.66. The molecule has 1 aromatic carbocycles. The Morgan fingerprint density at radius 3 is 2.43 bits per heavy atom. The van der Waals surface area contributed by atoms with Gasteiger partial charge < -0.3 is 24.6 Å². The van der Waals surface area contributed by atoms with E-state index < -0.39 is 29.9 Å². The molecule has 9 nitrogen and oxygen atoms in total. The fourth-order valence-electron chi connectivity index (χ4n) is 4.06. The van der Waals surface area contributed by atoms with Crippen LogP contribution in [0.1, 0.15) is 42.2 Å². The summed E-state index contributed by atoms with van der Waals surface area (Å²) < 4.78 is 6.84. The van der Waals surface area contributed by atoms with Gasteiger partial charge in [0.05, 0.1) is 5.69 Å². The molecule has 1 fully saturated rings. The molecule has 2 atom stereocenters. The van der Waals surface area contributed by atoms with E-state index in [0.717, 1.165) is 6.42 Å². The maximum Gasteiger partial charge on any atom is 0.300 e. The molecule has 0 aliphatic heterocycles. The van der Waals surface area contributed by atoms with Crippen LogP contribution in [-0.2, 0) is 6.42 Å². The van der Waals surface area contributed by atoms with E-state index >= 15 is 0 Å². The van der Waals surface area contributed by atoms with Crippen molar-refractivity contribution in [1.82, 2.24) is 14.8 Å². The van der Waals surface area contributed by atoms with E-state index in [1.165, 1.54) is 9.58 Å². The molecule has 2 unspecified atom stereocenters. The number of nitrogens with zero attached hydrogens (tertiary/aromatic N) is 3. The predicted molar refractivity (Wildman–Crippen MR) is 106 cm³/mol. The Bertz CT molecular complexity index is 1070. The zero-order chi connectivity index (χ0) is 21.6. The minimum atomic E-state index is -1.41. The van der Waals surface area contributed by atoms with Crippen LogP contribution in [0.15, 0.2) is 39.5 Å². The minimum absolute atomic E-state index is 0.106. The van der Waals surface area contributed by atoms with Gasteiger partial charge in [-0.25, -0.2) is 4.68 Å². The van der Waals surface area contributed by atoms with E-state index in [-0.39, 0.29) is 22.9 Å². The molecule has 0 bridgehead atoms. The Morgan fingerprint density at radius 1 is 1.20 bits per heavy atom. The van der Waals surface area contributed by atoms with Crippen LogP contribution >= 0.6 is 0 Å². The van der Waals surface area contributed by atoms with Gasteiger partial charge >= 0.3 is 0 Å². The third-order valence-corrected chi connectivity index (χ3v) is 5.58. The molecule has 30 heavy (non-hydrogen) atoms. The van der Waals surface area contributed by atoms with Crippen LogP contribution in [0.2, 0.25) is 0 Å². The van der Waals surface area contributed by atoms with Gasteiger partial charge in [-0.15, -0.1) is 12.2 Å². The lowest BCUT2D eigenvalue weighted by molar-refractivity contribution is -0.537. The van der Waals surface area contributed by atoms with Crippen molar-refractivity contribution in [3.05, 3.63) is 57.7 Å². The summed E-state index contributed by atoms with van der Waals surface area (Å²) in [5, 5.41) is 39.3. The molecular weight excluding hydrogens is 388 g/mol. The Morgan fingerprint density at radius 2 is 1.87 bits per heavy atom. The summed E-state index contributed by atoms with van der Waals surface area (Å²) in [4.78, 5) is 18.5. The fourth-order valence-corrected chi connectivity index (χ4v) is 4.06. The highest BCUT2D eigenvalue weighted by atomic mass is 16.4. The number of oxazole rings is 1. The van der Waals surface area contributed by atoms with Crippen molar-refractivity contribution in [3.8, 4) is 11.6 Å². The maximum absolute atomic E-state index is 13.2. The minimum Gasteiger partial charge on any atom is -0.851 e. The zero-order valence-electron chi connectivity index (χ0n) is 17.0. The molecule has 1 aliphatic carbocycles. The van der Waals surface area contributed by atoms with Crippen LogP contribution in [0.4, 0.5) is 6.01 Å². The molecular formula is C21H24N4O5-2. The van der Waals surface area contributed by atoms with Crippen LogP contribution in [0.3, 0.4) is 0 Å². The zero-order valence-corrected chi connectivity index (χ0v) is 17.0. The highest BCUT2D eigenvalue weighted by Crippen LogP contribution is 2.48. The third-order valence-electron chi connectivity index (χ3n) is 5.58. The molecule has 0 spiro atoms. The number of hydrogen-bond acceptors (Lipinski definition) is 7. The van der Waals surface area contributed by atoms with Crippen LogP contribution in [0.25, 0.3) is 5.69 Å². The van der Waals surface area contributed by atoms with Gasteiger partial charge in [0.15, 0.2) is 5.76 Å². The number of H-pyrrole nitrogens is 1. The van der Waals surface area contributed by atoms with Crippen molar-refractivity contribution < 1.29 is 19.7 Å². The van der Waals surface area contributed by atoms with Crippen LogP contribution < -0.4 is 20.7 Å². The first kappa shape index (κ1) is 20.2. The summed E-state index contributed by atoms with van der Waals surface area (Å²) in [6, 6.07) is 9.13. The van der Waals surface area contributed by atoms with E-state index in [0.29, 0.717) is 17.8 Å². The number of aromatic amines is 1. The standard InChI is InChI=1S/C21H24N4O5/c1-4-8-12-13(20(29)25(23-12)11-9-6-5-7-10-11)14-16(26)15(17(14)27)18-19(28)22-21(30-18)24(2)3/h5-7,9-10,14-17,23,28H,4,8H2,1-3H3/q-2. The highest BCUT2D eigenvalue weighted by molar-refractivity contribution is 5.41. The van der Waals surface area contributed by atoms with Gasteiger partial charge in [0.25, 0.3) is 17.5 Å². The molecule has 1 saturated carbocycles. The first-order valence-corrected chi connectivity index (χ1v) is 9.93. The summed E-state index contributed by atoms with van der Waals surface area (Å²) in [7, 11) is 3.34. The smallest absolute Gasteiger partial charge is 0.300 e. The van der Waals surface area contributed by atoms with Crippen molar-refractivity contribution in [2.24, 2.45) is 0 Å². The number of aromatic hydroxyl groups is 1. The van der Waals surface area contributed by atoms with Gasteiger partial charge in [-0.3, -0.25) is 9.89 Å². The molecule has 9 heteroatoms. The van der Waals surface area contributed by atoms with Gasteiger partial charge in [0.1, 0.15) is 0 Å². The van der Waals surface area contributed by atoms with E-state index in [1.54, 1.807) is 26.2 Å². The molecule has 2 heterocycles. The van der Waals surface area contributed by atoms with Crippen molar-refractivity contribution in [2.45, 2.75) is 43.8 Å². The van der Waals surface area contributed by atoms with Crippen molar-refractivity contribution >= 4 is 6.01 Å². The Kier molecular flexibility index (Phi) is 5.17. The number of nitrogens with one attached hydrogen (secondary N) is 1. The van der Waals surface area contributed by atoms with E-state index in [9.17, 15) is 20.1 Å². The van der Waals surface area contributed by atoms with Crippen LogP contribution in [-0.4, -0.2) is 46.2 Å². The highest BCUT2D eigenvalue weighted by Gasteiger charge is 2.45. The van der Waals surface area contributed by atoms with Crippen molar-refractivity contribution in [1.29, 1.82) is 0 Å². The average molecular weight is 412 g/mol. The number of benzene rings is 1. The molecule has 0 amide bonds.